The number of esters is 2. The van der Waals surface area contributed by atoms with Crippen molar-refractivity contribution >= 4 is 23.8 Å². The SMILES string of the molecule is COC(=O)C1(C(=O)NC2CCN(C(C(=O)OC(C)(C)C)c3ccccc3)C2=O)CC1. The van der Waals surface area contributed by atoms with Gasteiger partial charge in [0, 0.05) is 6.54 Å². The number of benzene rings is 1. The third kappa shape index (κ3) is 4.32. The van der Waals surface area contributed by atoms with Gasteiger partial charge in [-0.1, -0.05) is 30.3 Å². The Hall–Kier alpha value is -2.90. The van der Waals surface area contributed by atoms with Crippen LogP contribution in [0.2, 0.25) is 0 Å². The normalized spacial score (nSPS) is 21.0. The van der Waals surface area contributed by atoms with Crippen molar-refractivity contribution < 1.29 is 28.7 Å². The maximum absolute atomic E-state index is 13.1. The molecule has 3 rings (SSSR count). The minimum Gasteiger partial charge on any atom is -0.468 e. The van der Waals surface area contributed by atoms with Crippen LogP contribution >= 0.6 is 0 Å². The zero-order chi connectivity index (χ0) is 22.1. The average molecular weight is 416 g/mol. The van der Waals surface area contributed by atoms with E-state index in [1.54, 1.807) is 45.0 Å². The van der Waals surface area contributed by atoms with Crippen molar-refractivity contribution in [1.29, 1.82) is 0 Å². The molecule has 1 aliphatic heterocycles. The lowest BCUT2D eigenvalue weighted by molar-refractivity contribution is -0.164. The topological polar surface area (TPSA) is 102 Å². The first-order chi connectivity index (χ1) is 14.1. The van der Waals surface area contributed by atoms with Crippen molar-refractivity contribution in [3.8, 4) is 0 Å². The van der Waals surface area contributed by atoms with Gasteiger partial charge in [0.05, 0.1) is 7.11 Å². The number of likely N-dealkylation sites (tertiary alicyclic amines) is 1. The van der Waals surface area contributed by atoms with E-state index in [4.69, 9.17) is 9.47 Å². The number of nitrogens with one attached hydrogen (secondary N) is 1. The minimum atomic E-state index is -1.19. The first kappa shape index (κ1) is 21.8. The zero-order valence-electron chi connectivity index (χ0n) is 17.8. The second kappa shape index (κ2) is 8.08. The number of nitrogens with zero attached hydrogens (tertiary/aromatic N) is 1. The fraction of sp³-hybridized carbons (Fsp3) is 0.545. The van der Waals surface area contributed by atoms with Gasteiger partial charge in [0.15, 0.2) is 6.04 Å². The van der Waals surface area contributed by atoms with Crippen molar-refractivity contribution in [1.82, 2.24) is 10.2 Å². The maximum atomic E-state index is 13.1. The van der Waals surface area contributed by atoms with Crippen LogP contribution in [-0.4, -0.2) is 54.0 Å². The molecule has 0 aromatic heterocycles. The summed E-state index contributed by atoms with van der Waals surface area (Å²) < 4.78 is 10.3. The van der Waals surface area contributed by atoms with Gasteiger partial charge < -0.3 is 19.7 Å². The van der Waals surface area contributed by atoms with E-state index >= 15 is 0 Å². The molecular weight excluding hydrogens is 388 g/mol. The van der Waals surface area contributed by atoms with E-state index in [-0.39, 0.29) is 12.5 Å². The highest BCUT2D eigenvalue weighted by atomic mass is 16.6. The molecule has 2 amide bonds. The molecule has 2 unspecified atom stereocenters. The lowest BCUT2D eigenvalue weighted by Gasteiger charge is -2.30. The summed E-state index contributed by atoms with van der Waals surface area (Å²) >= 11 is 0. The molecule has 1 saturated carbocycles. The molecule has 1 heterocycles. The average Bonchev–Trinajstić information content (AvgIpc) is 3.43. The fourth-order valence-corrected chi connectivity index (χ4v) is 3.67. The van der Waals surface area contributed by atoms with Gasteiger partial charge in [0.25, 0.3) is 0 Å². The van der Waals surface area contributed by atoms with Gasteiger partial charge in [-0.25, -0.2) is 4.79 Å². The highest BCUT2D eigenvalue weighted by molar-refractivity contribution is 6.07. The third-order valence-electron chi connectivity index (χ3n) is 5.36. The van der Waals surface area contributed by atoms with Crippen molar-refractivity contribution in [3.63, 3.8) is 0 Å². The van der Waals surface area contributed by atoms with Crippen LogP contribution < -0.4 is 5.32 Å². The van der Waals surface area contributed by atoms with E-state index in [2.05, 4.69) is 5.32 Å². The Morgan fingerprint density at radius 1 is 1.17 bits per heavy atom. The molecule has 2 fully saturated rings. The number of methoxy groups -OCH3 is 1. The van der Waals surface area contributed by atoms with Crippen molar-refractivity contribution in [2.75, 3.05) is 13.7 Å². The Labute approximate surface area is 175 Å². The van der Waals surface area contributed by atoms with Crippen molar-refractivity contribution in [2.45, 2.75) is 57.7 Å². The number of hydrogen-bond donors (Lipinski definition) is 1. The summed E-state index contributed by atoms with van der Waals surface area (Å²) in [5.74, 6) is -1.98. The second-order valence-corrected chi connectivity index (χ2v) is 8.77. The van der Waals surface area contributed by atoms with Crippen LogP contribution in [0.15, 0.2) is 30.3 Å². The van der Waals surface area contributed by atoms with Gasteiger partial charge in [-0.05, 0) is 45.6 Å². The maximum Gasteiger partial charge on any atom is 0.334 e. The van der Waals surface area contributed by atoms with Crippen LogP contribution in [0.3, 0.4) is 0 Å². The predicted molar refractivity (Wildman–Crippen MR) is 107 cm³/mol. The second-order valence-electron chi connectivity index (χ2n) is 8.77. The highest BCUT2D eigenvalue weighted by Crippen LogP contribution is 2.47. The van der Waals surface area contributed by atoms with Crippen molar-refractivity contribution in [2.24, 2.45) is 5.41 Å². The molecule has 162 valence electrons. The smallest absolute Gasteiger partial charge is 0.334 e. The summed E-state index contributed by atoms with van der Waals surface area (Å²) in [5, 5.41) is 2.69. The molecule has 2 atom stereocenters. The largest absolute Gasteiger partial charge is 0.468 e. The summed E-state index contributed by atoms with van der Waals surface area (Å²) in [7, 11) is 1.24. The Bertz CT molecular complexity index is 841. The molecule has 0 spiro atoms. The summed E-state index contributed by atoms with van der Waals surface area (Å²) in [6.45, 7) is 5.59. The van der Waals surface area contributed by atoms with Crippen molar-refractivity contribution in [3.05, 3.63) is 35.9 Å². The summed E-state index contributed by atoms with van der Waals surface area (Å²) in [6.07, 6.45) is 1.15. The third-order valence-corrected chi connectivity index (χ3v) is 5.36. The summed E-state index contributed by atoms with van der Waals surface area (Å²) in [4.78, 5) is 52.0. The van der Waals surface area contributed by atoms with Gasteiger partial charge in [-0.15, -0.1) is 0 Å². The Morgan fingerprint density at radius 2 is 1.80 bits per heavy atom. The van der Waals surface area contributed by atoms with Crippen LogP contribution in [0.5, 0.6) is 0 Å². The molecule has 1 saturated heterocycles. The molecule has 1 aromatic rings. The monoisotopic (exact) mass is 416 g/mol. The van der Waals surface area contributed by atoms with Gasteiger partial charge >= 0.3 is 11.9 Å². The van der Waals surface area contributed by atoms with Crippen LogP contribution in [0, 0.1) is 5.41 Å². The summed E-state index contributed by atoms with van der Waals surface area (Å²) in [6, 6.07) is 7.24. The lowest BCUT2D eigenvalue weighted by Crippen LogP contribution is -2.48. The van der Waals surface area contributed by atoms with Crippen LogP contribution in [-0.2, 0) is 28.7 Å². The van der Waals surface area contributed by atoms with Gasteiger partial charge in [0.2, 0.25) is 11.8 Å². The number of rotatable bonds is 6. The van der Waals surface area contributed by atoms with Gasteiger partial charge in [-0.3, -0.25) is 14.4 Å². The molecule has 1 aliphatic carbocycles. The van der Waals surface area contributed by atoms with E-state index in [1.165, 1.54) is 12.0 Å². The Kier molecular flexibility index (Phi) is 5.87. The van der Waals surface area contributed by atoms with E-state index in [9.17, 15) is 19.2 Å². The van der Waals surface area contributed by atoms with Crippen LogP contribution in [0.25, 0.3) is 0 Å². The predicted octanol–water partition coefficient (Wildman–Crippen LogP) is 1.74. The zero-order valence-corrected chi connectivity index (χ0v) is 17.8. The molecule has 1 aromatic carbocycles. The molecule has 8 nitrogen and oxygen atoms in total. The molecule has 8 heteroatoms. The van der Waals surface area contributed by atoms with E-state index in [1.807, 2.05) is 6.07 Å². The minimum absolute atomic E-state index is 0.286. The van der Waals surface area contributed by atoms with Crippen LogP contribution in [0.1, 0.15) is 51.6 Å². The number of ether oxygens (including phenoxy) is 2. The Balaban J connectivity index is 1.78. The van der Waals surface area contributed by atoms with E-state index < -0.39 is 40.9 Å². The molecule has 2 aliphatic rings. The molecule has 30 heavy (non-hydrogen) atoms. The first-order valence-electron chi connectivity index (χ1n) is 10.1. The van der Waals surface area contributed by atoms with Crippen LogP contribution in [0.4, 0.5) is 0 Å². The quantitative estimate of drug-likeness (QED) is 0.560. The molecule has 0 radical (unpaired) electrons. The van der Waals surface area contributed by atoms with E-state index in [0.717, 1.165) is 0 Å². The molecular formula is C22H28N2O6. The first-order valence-corrected chi connectivity index (χ1v) is 10.1. The Morgan fingerprint density at radius 3 is 2.33 bits per heavy atom. The summed E-state index contributed by atoms with van der Waals surface area (Å²) in [5.41, 5.74) is -1.26. The van der Waals surface area contributed by atoms with E-state index in [0.29, 0.717) is 24.8 Å². The number of amides is 2. The standard InChI is InChI=1S/C22H28N2O6/c1-21(2,3)30-18(26)16(14-8-6-5-7-9-14)24-13-10-15(17(24)25)23-19(27)22(11-12-22)20(28)29-4/h5-9,15-16H,10-13H2,1-4H3,(H,23,27). The molecule has 1 N–H and O–H groups in total. The number of carbonyl (C=O) groups excluding carboxylic acids is 4. The number of carbonyl (C=O) groups is 4. The molecule has 0 bridgehead atoms. The van der Waals surface area contributed by atoms with Gasteiger partial charge in [-0.2, -0.15) is 0 Å². The number of hydrogen-bond acceptors (Lipinski definition) is 6. The lowest BCUT2D eigenvalue weighted by atomic mass is 10.0. The van der Waals surface area contributed by atoms with Gasteiger partial charge in [0.1, 0.15) is 17.1 Å². The highest BCUT2D eigenvalue weighted by Gasteiger charge is 2.58. The fourth-order valence-electron chi connectivity index (χ4n) is 3.67.